The number of rotatable bonds is 6. The predicted molar refractivity (Wildman–Crippen MR) is 149 cm³/mol. The molecule has 0 spiro atoms. The largest absolute Gasteiger partial charge is 0.462 e. The Morgan fingerprint density at radius 2 is 2.08 bits per heavy atom. The molecule has 0 bridgehead atoms. The van der Waals surface area contributed by atoms with Crippen molar-refractivity contribution in [3.8, 4) is 12.1 Å². The van der Waals surface area contributed by atoms with Gasteiger partial charge in [0.15, 0.2) is 0 Å². The highest BCUT2D eigenvalue weighted by atomic mass is 19.3. The van der Waals surface area contributed by atoms with Gasteiger partial charge in [0.2, 0.25) is 0 Å². The number of piperidine rings is 1. The number of alkyl halides is 2. The lowest BCUT2D eigenvalue weighted by molar-refractivity contribution is 0.0136. The van der Waals surface area contributed by atoms with Crippen molar-refractivity contribution >= 4 is 22.4 Å². The fourth-order valence-electron chi connectivity index (χ4n) is 6.59. The molecule has 1 N–H and O–H groups in total. The number of benzene rings is 1. The van der Waals surface area contributed by atoms with E-state index in [1.807, 2.05) is 6.20 Å². The second-order valence-corrected chi connectivity index (χ2v) is 11.7. The summed E-state index contributed by atoms with van der Waals surface area (Å²) in [4.78, 5) is 16.0. The van der Waals surface area contributed by atoms with Crippen LogP contribution in [-0.2, 0) is 13.0 Å². The zero-order valence-corrected chi connectivity index (χ0v) is 23.4. The van der Waals surface area contributed by atoms with Gasteiger partial charge in [-0.05, 0) is 63.3 Å². The number of fused-ring (bicyclic) bond motifs is 2. The van der Waals surface area contributed by atoms with Crippen molar-refractivity contribution in [2.75, 3.05) is 49.6 Å². The van der Waals surface area contributed by atoms with Gasteiger partial charge in [0.05, 0.1) is 42.3 Å². The summed E-state index contributed by atoms with van der Waals surface area (Å²) in [6.45, 7) is 7.12. The Kier molecular flexibility index (Phi) is 6.98. The van der Waals surface area contributed by atoms with Crippen molar-refractivity contribution < 1.29 is 13.5 Å². The van der Waals surface area contributed by atoms with Crippen LogP contribution >= 0.6 is 0 Å². The quantitative estimate of drug-likeness (QED) is 0.483. The number of nitrogens with zero attached hydrogens (tertiary/aromatic N) is 7. The predicted octanol–water partition coefficient (Wildman–Crippen LogP) is 4.38. The van der Waals surface area contributed by atoms with Gasteiger partial charge in [-0.15, -0.1) is 0 Å². The number of aryl methyl sites for hydroxylation is 1. The molecule has 11 heteroatoms. The van der Waals surface area contributed by atoms with E-state index in [1.165, 1.54) is 11.1 Å². The summed E-state index contributed by atoms with van der Waals surface area (Å²) in [7, 11) is 1.70. The molecule has 3 aromatic rings. The monoisotopic (exact) mass is 550 g/mol. The van der Waals surface area contributed by atoms with Gasteiger partial charge in [0.25, 0.3) is 5.92 Å². The standard InChI is InChI=1S/C29H36F2N8O/c1-18-11-24-23(13-33-36-24)26(19(18)2)38-10-7-22-25(15-38)34-28(40-16-21-12-29(30,31)17-37(21)3)35-27(22)39-9-4-5-20(14-39)6-8-32/h11,13,20-21H,4-7,9-10,12,14-17H2,1-3H3,(H,33,36)/t20-,21-/m0/s1. The van der Waals surface area contributed by atoms with E-state index in [2.05, 4.69) is 46.0 Å². The third kappa shape index (κ3) is 5.05. The van der Waals surface area contributed by atoms with Gasteiger partial charge >= 0.3 is 6.01 Å². The zero-order valence-electron chi connectivity index (χ0n) is 23.4. The number of likely N-dealkylation sites (N-methyl/N-ethyl adjacent to an activating group) is 1. The molecule has 3 aliphatic heterocycles. The second kappa shape index (κ2) is 10.5. The van der Waals surface area contributed by atoms with E-state index >= 15 is 0 Å². The lowest BCUT2D eigenvalue weighted by Crippen LogP contribution is -2.39. The average molecular weight is 551 g/mol. The Morgan fingerprint density at radius 3 is 2.85 bits per heavy atom. The number of hydrogen-bond acceptors (Lipinski definition) is 8. The van der Waals surface area contributed by atoms with E-state index in [9.17, 15) is 14.0 Å². The molecule has 0 amide bonds. The van der Waals surface area contributed by atoms with Crippen LogP contribution in [0.15, 0.2) is 12.3 Å². The highest BCUT2D eigenvalue weighted by Gasteiger charge is 2.43. The van der Waals surface area contributed by atoms with Gasteiger partial charge in [-0.25, -0.2) is 8.78 Å². The molecular weight excluding hydrogens is 514 g/mol. The number of nitriles is 1. The molecule has 3 aliphatic rings. The van der Waals surface area contributed by atoms with E-state index in [1.54, 1.807) is 11.9 Å². The van der Waals surface area contributed by atoms with Gasteiger partial charge in [-0.3, -0.25) is 10.00 Å². The normalized spacial score (nSPS) is 22.9. The first-order valence-corrected chi connectivity index (χ1v) is 14.1. The Hall–Kier alpha value is -3.52. The number of hydrogen-bond donors (Lipinski definition) is 1. The SMILES string of the molecule is Cc1cc2[nH]ncc2c(N2CCc3c(nc(OC[C@@H]4CC(F)(F)CN4C)nc3N3CCC[C@@H](CC#N)C3)C2)c1C. The first kappa shape index (κ1) is 26.7. The van der Waals surface area contributed by atoms with Crippen LogP contribution < -0.4 is 14.5 Å². The molecule has 0 saturated carbocycles. The van der Waals surface area contributed by atoms with Crippen molar-refractivity contribution in [2.45, 2.75) is 64.5 Å². The molecule has 2 saturated heterocycles. The second-order valence-electron chi connectivity index (χ2n) is 11.7. The van der Waals surface area contributed by atoms with Gasteiger partial charge in [0.1, 0.15) is 12.4 Å². The maximum Gasteiger partial charge on any atom is 0.318 e. The molecule has 5 heterocycles. The molecule has 0 aliphatic carbocycles. The van der Waals surface area contributed by atoms with Crippen molar-refractivity contribution in [3.63, 3.8) is 0 Å². The summed E-state index contributed by atoms with van der Waals surface area (Å²) < 4.78 is 34.0. The average Bonchev–Trinajstić information content (AvgIpc) is 3.49. The van der Waals surface area contributed by atoms with Crippen molar-refractivity contribution in [1.82, 2.24) is 25.1 Å². The number of aromatic amines is 1. The van der Waals surface area contributed by atoms with Crippen LogP contribution in [0.1, 0.15) is 48.1 Å². The molecule has 1 aromatic carbocycles. The molecule has 2 aromatic heterocycles. The summed E-state index contributed by atoms with van der Waals surface area (Å²) in [5, 5.41) is 17.8. The van der Waals surface area contributed by atoms with Crippen molar-refractivity contribution in [1.29, 1.82) is 5.26 Å². The fraction of sp³-hybridized carbons (Fsp3) is 0.586. The van der Waals surface area contributed by atoms with E-state index in [4.69, 9.17) is 14.7 Å². The van der Waals surface area contributed by atoms with E-state index in [0.717, 1.165) is 72.6 Å². The van der Waals surface area contributed by atoms with Crippen LogP contribution in [0.5, 0.6) is 6.01 Å². The number of nitrogens with one attached hydrogen (secondary N) is 1. The zero-order chi connectivity index (χ0) is 28.0. The number of halogens is 2. The van der Waals surface area contributed by atoms with Gasteiger partial charge < -0.3 is 14.5 Å². The molecule has 0 radical (unpaired) electrons. The summed E-state index contributed by atoms with van der Waals surface area (Å²) in [6.07, 6.45) is 4.97. The maximum absolute atomic E-state index is 14.0. The van der Waals surface area contributed by atoms with Crippen molar-refractivity contribution in [3.05, 3.63) is 34.6 Å². The molecule has 0 unspecified atom stereocenters. The summed E-state index contributed by atoms with van der Waals surface area (Å²) in [6, 6.07) is 4.29. The lowest BCUT2D eigenvalue weighted by Gasteiger charge is -2.37. The molecule has 212 valence electrons. The number of aromatic nitrogens is 4. The molecule has 9 nitrogen and oxygen atoms in total. The third-order valence-corrected chi connectivity index (χ3v) is 8.81. The Balaban J connectivity index is 1.33. The van der Waals surface area contributed by atoms with Gasteiger partial charge in [-0.1, -0.05) is 0 Å². The third-order valence-electron chi connectivity index (χ3n) is 8.81. The smallest absolute Gasteiger partial charge is 0.318 e. The van der Waals surface area contributed by atoms with E-state index in [-0.39, 0.29) is 25.6 Å². The van der Waals surface area contributed by atoms with Crippen LogP contribution in [0.4, 0.5) is 20.3 Å². The van der Waals surface area contributed by atoms with Crippen LogP contribution in [0.2, 0.25) is 0 Å². The Morgan fingerprint density at radius 1 is 1.23 bits per heavy atom. The van der Waals surface area contributed by atoms with E-state index < -0.39 is 12.0 Å². The summed E-state index contributed by atoms with van der Waals surface area (Å²) in [5.41, 5.74) is 6.57. The number of anilines is 2. The van der Waals surface area contributed by atoms with Crippen LogP contribution in [-0.4, -0.2) is 76.9 Å². The van der Waals surface area contributed by atoms with Crippen LogP contribution in [0.3, 0.4) is 0 Å². The number of likely N-dealkylation sites (tertiary alicyclic amines) is 1. The topological polar surface area (TPSA) is 97.2 Å². The first-order chi connectivity index (χ1) is 19.2. The lowest BCUT2D eigenvalue weighted by atomic mass is 9.94. The van der Waals surface area contributed by atoms with Gasteiger partial charge in [0, 0.05) is 49.5 Å². The minimum Gasteiger partial charge on any atom is -0.462 e. The molecule has 2 atom stereocenters. The molecule has 2 fully saturated rings. The summed E-state index contributed by atoms with van der Waals surface area (Å²) in [5.74, 6) is -1.55. The maximum atomic E-state index is 14.0. The van der Waals surface area contributed by atoms with Crippen molar-refractivity contribution in [2.24, 2.45) is 5.92 Å². The Bertz CT molecular complexity index is 1450. The highest BCUT2D eigenvalue weighted by molar-refractivity contribution is 5.94. The van der Waals surface area contributed by atoms with Crippen LogP contribution in [0.25, 0.3) is 10.9 Å². The molecular formula is C29H36F2N8O. The molecule has 6 rings (SSSR count). The number of ether oxygens (including phenoxy) is 1. The molecule has 40 heavy (non-hydrogen) atoms. The minimum atomic E-state index is -2.71. The van der Waals surface area contributed by atoms with Gasteiger partial charge in [-0.2, -0.15) is 20.3 Å². The number of H-pyrrole nitrogens is 1. The highest BCUT2D eigenvalue weighted by Crippen LogP contribution is 2.38. The fourth-order valence-corrected chi connectivity index (χ4v) is 6.59. The minimum absolute atomic E-state index is 0.109. The van der Waals surface area contributed by atoms with Crippen LogP contribution in [0, 0.1) is 31.1 Å². The summed E-state index contributed by atoms with van der Waals surface area (Å²) >= 11 is 0. The Labute approximate surface area is 233 Å². The van der Waals surface area contributed by atoms with E-state index in [0.29, 0.717) is 18.9 Å². The first-order valence-electron chi connectivity index (χ1n) is 14.1.